The van der Waals surface area contributed by atoms with Gasteiger partial charge >= 0.3 is 5.97 Å². The number of hydrogen-bond donors (Lipinski definition) is 1. The minimum absolute atomic E-state index is 0.148. The van der Waals surface area contributed by atoms with Crippen molar-refractivity contribution in [3.63, 3.8) is 0 Å². The van der Waals surface area contributed by atoms with Crippen molar-refractivity contribution in [2.45, 2.75) is 6.54 Å². The van der Waals surface area contributed by atoms with Crippen molar-refractivity contribution in [2.75, 3.05) is 59.4 Å². The van der Waals surface area contributed by atoms with Gasteiger partial charge in [-0.15, -0.1) is 0 Å². The third kappa shape index (κ3) is 5.96. The number of amides is 1. The molecule has 1 aliphatic rings. The summed E-state index contributed by atoms with van der Waals surface area (Å²) in [5, 5.41) is 2.83. The van der Waals surface area contributed by atoms with Crippen LogP contribution in [-0.4, -0.2) is 75.7 Å². The van der Waals surface area contributed by atoms with Gasteiger partial charge in [-0.3, -0.25) is 14.6 Å². The van der Waals surface area contributed by atoms with Gasteiger partial charge in [0.2, 0.25) is 5.91 Å². The molecule has 1 fully saturated rings. The number of para-hydroxylation sites is 1. The van der Waals surface area contributed by atoms with Crippen LogP contribution in [0.4, 0.5) is 5.69 Å². The number of hydrogen-bond acceptors (Lipinski definition) is 7. The fourth-order valence-corrected chi connectivity index (χ4v) is 3.62. The fourth-order valence-electron chi connectivity index (χ4n) is 3.62. The van der Waals surface area contributed by atoms with Crippen molar-refractivity contribution < 1.29 is 23.8 Å². The average Bonchev–Trinajstić information content (AvgIpc) is 2.80. The van der Waals surface area contributed by atoms with Crippen molar-refractivity contribution in [2.24, 2.45) is 0 Å². The Morgan fingerprint density at radius 1 is 0.903 bits per heavy atom. The minimum atomic E-state index is -0.473. The lowest BCUT2D eigenvalue weighted by Gasteiger charge is -2.34. The van der Waals surface area contributed by atoms with Crippen molar-refractivity contribution >= 4 is 17.6 Å². The van der Waals surface area contributed by atoms with Crippen LogP contribution in [-0.2, 0) is 16.1 Å². The zero-order chi connectivity index (χ0) is 22.2. The Balaban J connectivity index is 1.49. The lowest BCUT2D eigenvalue weighted by Crippen LogP contribution is -2.48. The zero-order valence-corrected chi connectivity index (χ0v) is 18.2. The fraction of sp³-hybridized carbons (Fsp3) is 0.391. The van der Waals surface area contributed by atoms with Crippen molar-refractivity contribution in [3.05, 3.63) is 53.6 Å². The molecule has 0 aromatic heterocycles. The van der Waals surface area contributed by atoms with Crippen LogP contribution in [0.1, 0.15) is 15.9 Å². The van der Waals surface area contributed by atoms with Crippen LogP contribution in [0.15, 0.2) is 42.5 Å². The third-order valence-electron chi connectivity index (χ3n) is 5.29. The molecule has 2 aromatic carbocycles. The highest BCUT2D eigenvalue weighted by molar-refractivity contribution is 6.01. The molecule has 0 bridgehead atoms. The highest BCUT2D eigenvalue weighted by Gasteiger charge is 2.20. The predicted octanol–water partition coefficient (Wildman–Crippen LogP) is 2.25. The number of carbonyl (C=O) groups is 2. The number of anilines is 1. The summed E-state index contributed by atoms with van der Waals surface area (Å²) in [4.78, 5) is 28.8. The Hall–Kier alpha value is -3.10. The quantitative estimate of drug-likeness (QED) is 0.647. The van der Waals surface area contributed by atoms with Gasteiger partial charge in [0, 0.05) is 32.7 Å². The number of esters is 1. The SMILES string of the molecule is COC(=O)c1ccccc1NC(=O)CN1CCN(Cc2ccc(OC)c(OC)c2)CC1. The van der Waals surface area contributed by atoms with E-state index in [1.165, 1.54) is 7.11 Å². The normalized spacial score (nSPS) is 14.7. The van der Waals surface area contributed by atoms with Crippen LogP contribution < -0.4 is 14.8 Å². The van der Waals surface area contributed by atoms with Crippen LogP contribution >= 0.6 is 0 Å². The summed E-state index contributed by atoms with van der Waals surface area (Å²) in [6.45, 7) is 4.39. The molecule has 0 atom stereocenters. The maximum atomic E-state index is 12.5. The van der Waals surface area contributed by atoms with Gasteiger partial charge in [0.15, 0.2) is 11.5 Å². The van der Waals surface area contributed by atoms with Crippen LogP contribution in [0.3, 0.4) is 0 Å². The van der Waals surface area contributed by atoms with E-state index in [1.807, 2.05) is 18.2 Å². The van der Waals surface area contributed by atoms with Crippen molar-refractivity contribution in [3.8, 4) is 11.5 Å². The number of carbonyl (C=O) groups excluding carboxylic acids is 2. The number of ether oxygens (including phenoxy) is 3. The van der Waals surface area contributed by atoms with Crippen molar-refractivity contribution in [1.29, 1.82) is 0 Å². The van der Waals surface area contributed by atoms with Crippen LogP contribution in [0.5, 0.6) is 11.5 Å². The summed E-state index contributed by atoms with van der Waals surface area (Å²) >= 11 is 0. The van der Waals surface area contributed by atoms with Gasteiger partial charge in [-0.2, -0.15) is 0 Å². The van der Waals surface area contributed by atoms with E-state index in [0.717, 1.165) is 49.8 Å². The second-order valence-electron chi connectivity index (χ2n) is 7.33. The highest BCUT2D eigenvalue weighted by Crippen LogP contribution is 2.28. The summed E-state index contributed by atoms with van der Waals surface area (Å²) in [7, 11) is 4.58. The number of piperazine rings is 1. The average molecular weight is 428 g/mol. The smallest absolute Gasteiger partial charge is 0.339 e. The number of nitrogens with zero attached hydrogens (tertiary/aromatic N) is 2. The molecule has 31 heavy (non-hydrogen) atoms. The number of methoxy groups -OCH3 is 3. The highest BCUT2D eigenvalue weighted by atomic mass is 16.5. The minimum Gasteiger partial charge on any atom is -0.493 e. The number of rotatable bonds is 8. The molecule has 1 N–H and O–H groups in total. The first kappa shape index (κ1) is 22.6. The van der Waals surface area contributed by atoms with Crippen LogP contribution in [0.2, 0.25) is 0 Å². The summed E-state index contributed by atoms with van der Waals surface area (Å²) < 4.78 is 15.4. The summed E-state index contributed by atoms with van der Waals surface area (Å²) in [5.74, 6) is 0.822. The Kier molecular flexibility index (Phi) is 7.86. The van der Waals surface area contributed by atoms with E-state index in [2.05, 4.69) is 15.1 Å². The van der Waals surface area contributed by atoms with E-state index in [4.69, 9.17) is 14.2 Å². The molecule has 1 aliphatic heterocycles. The molecule has 1 amide bonds. The van der Waals surface area contributed by atoms with E-state index in [0.29, 0.717) is 11.3 Å². The maximum Gasteiger partial charge on any atom is 0.339 e. The monoisotopic (exact) mass is 427 g/mol. The van der Waals surface area contributed by atoms with Crippen LogP contribution in [0.25, 0.3) is 0 Å². The van der Waals surface area contributed by atoms with Crippen molar-refractivity contribution in [1.82, 2.24) is 9.80 Å². The Morgan fingerprint density at radius 3 is 2.26 bits per heavy atom. The largest absolute Gasteiger partial charge is 0.493 e. The van der Waals surface area contributed by atoms with E-state index >= 15 is 0 Å². The molecule has 0 aliphatic carbocycles. The number of nitrogens with one attached hydrogen (secondary N) is 1. The van der Waals surface area contributed by atoms with Gasteiger partial charge in [0.25, 0.3) is 0 Å². The van der Waals surface area contributed by atoms with Gasteiger partial charge in [0.05, 0.1) is 39.1 Å². The molecule has 8 nitrogen and oxygen atoms in total. The predicted molar refractivity (Wildman–Crippen MR) is 118 cm³/mol. The van der Waals surface area contributed by atoms with Gasteiger partial charge in [0.1, 0.15) is 0 Å². The lowest BCUT2D eigenvalue weighted by molar-refractivity contribution is -0.117. The maximum absolute atomic E-state index is 12.5. The van der Waals surface area contributed by atoms with Crippen LogP contribution in [0, 0.1) is 0 Å². The van der Waals surface area contributed by atoms with Gasteiger partial charge in [-0.1, -0.05) is 18.2 Å². The van der Waals surface area contributed by atoms with E-state index in [1.54, 1.807) is 38.5 Å². The molecule has 1 saturated heterocycles. The standard InChI is InChI=1S/C23H29N3O5/c1-29-20-9-8-17(14-21(20)30-2)15-25-10-12-26(13-11-25)16-22(27)24-19-7-5-4-6-18(19)23(28)31-3/h4-9,14H,10-13,15-16H2,1-3H3,(H,24,27). The number of benzene rings is 2. The first-order valence-corrected chi connectivity index (χ1v) is 10.2. The molecule has 0 spiro atoms. The van der Waals surface area contributed by atoms with E-state index in [-0.39, 0.29) is 12.5 Å². The molecular weight excluding hydrogens is 398 g/mol. The summed E-state index contributed by atoms with van der Waals surface area (Å²) in [6, 6.07) is 12.8. The summed E-state index contributed by atoms with van der Waals surface area (Å²) in [5.41, 5.74) is 1.97. The molecule has 8 heteroatoms. The Labute approximate surface area is 182 Å². The molecule has 3 rings (SSSR count). The molecule has 166 valence electrons. The molecule has 2 aromatic rings. The second kappa shape index (κ2) is 10.8. The first-order valence-electron chi connectivity index (χ1n) is 10.2. The lowest BCUT2D eigenvalue weighted by atomic mass is 10.1. The zero-order valence-electron chi connectivity index (χ0n) is 18.2. The topological polar surface area (TPSA) is 80.3 Å². The third-order valence-corrected chi connectivity index (χ3v) is 5.29. The first-order chi connectivity index (χ1) is 15.0. The second-order valence-corrected chi connectivity index (χ2v) is 7.33. The van der Waals surface area contributed by atoms with Gasteiger partial charge in [-0.25, -0.2) is 4.79 Å². The molecule has 1 heterocycles. The van der Waals surface area contributed by atoms with Gasteiger partial charge < -0.3 is 19.5 Å². The Morgan fingerprint density at radius 2 is 1.58 bits per heavy atom. The molecule has 0 saturated carbocycles. The van der Waals surface area contributed by atoms with E-state index in [9.17, 15) is 9.59 Å². The molecule has 0 radical (unpaired) electrons. The van der Waals surface area contributed by atoms with Gasteiger partial charge in [-0.05, 0) is 29.8 Å². The van der Waals surface area contributed by atoms with E-state index < -0.39 is 5.97 Å². The Bertz CT molecular complexity index is 910. The summed E-state index contributed by atoms with van der Waals surface area (Å²) in [6.07, 6.45) is 0. The molecular formula is C23H29N3O5. The molecule has 0 unspecified atom stereocenters.